The highest BCUT2D eigenvalue weighted by molar-refractivity contribution is 6.05. The maximum Gasteiger partial charge on any atom is 0.256 e. The fraction of sp³-hybridized carbons (Fsp3) is 0.167. The van der Waals surface area contributed by atoms with Crippen molar-refractivity contribution in [3.63, 3.8) is 0 Å². The molecule has 7 heteroatoms. The summed E-state index contributed by atoms with van der Waals surface area (Å²) < 4.78 is 23.3. The maximum absolute atomic E-state index is 13.0. The zero-order valence-corrected chi connectivity index (χ0v) is 13.7. The van der Waals surface area contributed by atoms with E-state index in [2.05, 4.69) is 15.6 Å². The molecule has 0 aliphatic rings. The molecule has 128 valence electrons. The maximum atomic E-state index is 13.0. The molecule has 3 aromatic rings. The number of hydrogen-bond acceptors (Lipinski definition) is 5. The Kier molecular flexibility index (Phi) is 4.74. The van der Waals surface area contributed by atoms with Crippen LogP contribution in [0.2, 0.25) is 0 Å². The van der Waals surface area contributed by atoms with Crippen molar-refractivity contribution in [2.45, 2.75) is 20.0 Å². The Morgan fingerprint density at radius 2 is 1.76 bits per heavy atom. The monoisotopic (exact) mass is 341 g/mol. The summed E-state index contributed by atoms with van der Waals surface area (Å²) >= 11 is 0. The SMILES string of the molecule is CC(C)Oc1ccc(C(=O)Nc2nonc2-c2ccc(F)cc2)cc1. The standard InChI is InChI=1S/C18H16FN3O3/c1-11(2)24-15-9-5-13(6-10-15)18(23)20-17-16(21-25-22-17)12-3-7-14(19)8-4-12/h3-11H,1-2H3,(H,20,22,23). The topological polar surface area (TPSA) is 77.2 Å². The molecule has 1 heterocycles. The Morgan fingerprint density at radius 1 is 1.08 bits per heavy atom. The number of amides is 1. The van der Waals surface area contributed by atoms with E-state index in [-0.39, 0.29) is 23.6 Å². The molecular formula is C18H16FN3O3. The minimum atomic E-state index is -0.366. The van der Waals surface area contributed by atoms with Gasteiger partial charge in [0.25, 0.3) is 5.91 Å². The molecule has 6 nitrogen and oxygen atoms in total. The molecule has 25 heavy (non-hydrogen) atoms. The van der Waals surface area contributed by atoms with Crippen LogP contribution in [0.3, 0.4) is 0 Å². The third-order valence-corrected chi connectivity index (χ3v) is 3.33. The van der Waals surface area contributed by atoms with Crippen LogP contribution < -0.4 is 10.1 Å². The van der Waals surface area contributed by atoms with Gasteiger partial charge in [-0.15, -0.1) is 0 Å². The molecule has 3 rings (SSSR count). The van der Waals surface area contributed by atoms with Crippen molar-refractivity contribution in [1.29, 1.82) is 0 Å². The zero-order chi connectivity index (χ0) is 17.8. The van der Waals surface area contributed by atoms with Crippen LogP contribution in [0.5, 0.6) is 5.75 Å². The van der Waals surface area contributed by atoms with Gasteiger partial charge in [0.15, 0.2) is 5.69 Å². The number of hydrogen-bond donors (Lipinski definition) is 1. The number of benzene rings is 2. The van der Waals surface area contributed by atoms with Crippen LogP contribution in [0.15, 0.2) is 53.2 Å². The molecule has 0 saturated heterocycles. The first kappa shape index (κ1) is 16.6. The fourth-order valence-electron chi connectivity index (χ4n) is 2.20. The second kappa shape index (κ2) is 7.12. The Labute approximate surface area is 143 Å². The van der Waals surface area contributed by atoms with Crippen molar-refractivity contribution >= 4 is 11.7 Å². The van der Waals surface area contributed by atoms with Crippen molar-refractivity contribution in [3.8, 4) is 17.0 Å². The molecule has 1 aromatic heterocycles. The van der Waals surface area contributed by atoms with E-state index in [9.17, 15) is 9.18 Å². The number of nitrogens with zero attached hydrogens (tertiary/aromatic N) is 2. The van der Waals surface area contributed by atoms with E-state index in [1.54, 1.807) is 24.3 Å². The number of carbonyl (C=O) groups excluding carboxylic acids is 1. The fourth-order valence-corrected chi connectivity index (χ4v) is 2.20. The van der Waals surface area contributed by atoms with Crippen LogP contribution in [0.1, 0.15) is 24.2 Å². The van der Waals surface area contributed by atoms with Gasteiger partial charge >= 0.3 is 0 Å². The summed E-state index contributed by atoms with van der Waals surface area (Å²) in [6.45, 7) is 3.85. The Bertz CT molecular complexity index is 858. The summed E-state index contributed by atoms with van der Waals surface area (Å²) in [5, 5.41) is 10.1. The summed E-state index contributed by atoms with van der Waals surface area (Å²) in [4.78, 5) is 12.4. The molecular weight excluding hydrogens is 325 g/mol. The van der Waals surface area contributed by atoms with Gasteiger partial charge in [-0.25, -0.2) is 9.02 Å². The summed E-state index contributed by atoms with van der Waals surface area (Å²) in [5.41, 5.74) is 1.34. The molecule has 0 unspecified atom stereocenters. The number of halogens is 1. The van der Waals surface area contributed by atoms with E-state index in [4.69, 9.17) is 9.37 Å². The van der Waals surface area contributed by atoms with E-state index < -0.39 is 0 Å². The third kappa shape index (κ3) is 4.00. The Balaban J connectivity index is 1.75. The zero-order valence-electron chi connectivity index (χ0n) is 13.7. The second-order valence-electron chi connectivity index (χ2n) is 5.61. The van der Waals surface area contributed by atoms with E-state index in [1.165, 1.54) is 24.3 Å². The minimum Gasteiger partial charge on any atom is -0.491 e. The normalized spacial score (nSPS) is 10.7. The average molecular weight is 341 g/mol. The van der Waals surface area contributed by atoms with Gasteiger partial charge in [-0.3, -0.25) is 4.79 Å². The van der Waals surface area contributed by atoms with Crippen molar-refractivity contribution in [2.24, 2.45) is 0 Å². The number of aromatic nitrogens is 2. The predicted molar refractivity (Wildman–Crippen MR) is 89.9 cm³/mol. The largest absolute Gasteiger partial charge is 0.491 e. The van der Waals surface area contributed by atoms with Crippen LogP contribution >= 0.6 is 0 Å². The van der Waals surface area contributed by atoms with Gasteiger partial charge in [0.1, 0.15) is 11.6 Å². The van der Waals surface area contributed by atoms with Gasteiger partial charge in [-0.05, 0) is 72.7 Å². The van der Waals surface area contributed by atoms with Crippen LogP contribution in [0.25, 0.3) is 11.3 Å². The molecule has 0 saturated carbocycles. The first-order valence-corrected chi connectivity index (χ1v) is 7.69. The summed E-state index contributed by atoms with van der Waals surface area (Å²) in [6, 6.07) is 12.4. The van der Waals surface area contributed by atoms with Crippen LogP contribution in [-0.4, -0.2) is 22.3 Å². The lowest BCUT2D eigenvalue weighted by molar-refractivity contribution is 0.102. The molecule has 0 bridgehead atoms. The molecule has 0 radical (unpaired) electrons. The molecule has 2 aromatic carbocycles. The Hall–Kier alpha value is -3.22. The molecule has 0 fully saturated rings. The first-order chi connectivity index (χ1) is 12.0. The lowest BCUT2D eigenvalue weighted by Crippen LogP contribution is -2.13. The highest BCUT2D eigenvalue weighted by Crippen LogP contribution is 2.25. The van der Waals surface area contributed by atoms with Gasteiger partial charge in [0.05, 0.1) is 6.10 Å². The molecule has 0 aliphatic carbocycles. The van der Waals surface area contributed by atoms with Gasteiger partial charge in [0.2, 0.25) is 5.82 Å². The van der Waals surface area contributed by atoms with E-state index in [0.717, 1.165) is 0 Å². The molecule has 1 amide bonds. The van der Waals surface area contributed by atoms with Gasteiger partial charge in [-0.2, -0.15) is 0 Å². The molecule has 0 spiro atoms. The quantitative estimate of drug-likeness (QED) is 0.761. The Morgan fingerprint density at radius 3 is 2.40 bits per heavy atom. The van der Waals surface area contributed by atoms with Gasteiger partial charge in [0, 0.05) is 11.1 Å². The molecule has 0 aliphatic heterocycles. The lowest BCUT2D eigenvalue weighted by Gasteiger charge is -2.10. The van der Waals surface area contributed by atoms with Crippen LogP contribution in [-0.2, 0) is 0 Å². The number of rotatable bonds is 5. The third-order valence-electron chi connectivity index (χ3n) is 3.33. The van der Waals surface area contributed by atoms with Crippen LogP contribution in [0.4, 0.5) is 10.2 Å². The van der Waals surface area contributed by atoms with Crippen molar-refractivity contribution in [1.82, 2.24) is 10.3 Å². The van der Waals surface area contributed by atoms with Crippen molar-refractivity contribution in [3.05, 3.63) is 59.9 Å². The van der Waals surface area contributed by atoms with Crippen molar-refractivity contribution in [2.75, 3.05) is 5.32 Å². The number of anilines is 1. The van der Waals surface area contributed by atoms with Gasteiger partial charge < -0.3 is 10.1 Å². The number of ether oxygens (including phenoxy) is 1. The smallest absolute Gasteiger partial charge is 0.256 e. The second-order valence-corrected chi connectivity index (χ2v) is 5.61. The highest BCUT2D eigenvalue weighted by Gasteiger charge is 2.16. The van der Waals surface area contributed by atoms with E-state index >= 15 is 0 Å². The van der Waals surface area contributed by atoms with Crippen LogP contribution in [0, 0.1) is 5.82 Å². The lowest BCUT2D eigenvalue weighted by atomic mass is 10.1. The van der Waals surface area contributed by atoms with Gasteiger partial charge in [-0.1, -0.05) is 0 Å². The first-order valence-electron chi connectivity index (χ1n) is 7.69. The number of carbonyl (C=O) groups is 1. The van der Waals surface area contributed by atoms with E-state index in [0.29, 0.717) is 22.6 Å². The molecule has 1 N–H and O–H groups in total. The van der Waals surface area contributed by atoms with Crippen molar-refractivity contribution < 1.29 is 18.6 Å². The molecule has 0 atom stereocenters. The highest BCUT2D eigenvalue weighted by atomic mass is 19.1. The average Bonchev–Trinajstić information content (AvgIpc) is 3.03. The number of nitrogens with one attached hydrogen (secondary N) is 1. The predicted octanol–water partition coefficient (Wildman–Crippen LogP) is 3.92. The van der Waals surface area contributed by atoms with E-state index in [1.807, 2.05) is 13.8 Å². The summed E-state index contributed by atoms with van der Waals surface area (Å²) in [5.74, 6) is 0.116. The summed E-state index contributed by atoms with van der Waals surface area (Å²) in [7, 11) is 0. The summed E-state index contributed by atoms with van der Waals surface area (Å²) in [6.07, 6.45) is 0.0548. The minimum absolute atomic E-state index is 0.0548.